The number of hydrogen-bond acceptors (Lipinski definition) is 5. The molecule has 0 saturated heterocycles. The number of rotatable bonds is 6. The van der Waals surface area contributed by atoms with Crippen LogP contribution in [-0.2, 0) is 10.8 Å². The lowest BCUT2D eigenvalue weighted by Crippen LogP contribution is -1.96. The zero-order chi connectivity index (χ0) is 18.5. The first kappa shape index (κ1) is 17.8. The van der Waals surface area contributed by atoms with Gasteiger partial charge in [-0.25, -0.2) is 4.98 Å². The highest BCUT2D eigenvalue weighted by Crippen LogP contribution is 2.30. The molecule has 26 heavy (non-hydrogen) atoms. The third-order valence-electron chi connectivity index (χ3n) is 3.54. The Morgan fingerprint density at radius 2 is 1.62 bits per heavy atom. The molecule has 0 amide bonds. The van der Waals surface area contributed by atoms with Gasteiger partial charge >= 0.3 is 0 Å². The SMILES string of the molecule is CC(=O)c1cc(Oc2ccc(S(C)=O)cc2)cc(Oc2ccccn2)c1. The number of pyridine rings is 1. The van der Waals surface area contributed by atoms with Crippen molar-refractivity contribution >= 4 is 16.6 Å². The van der Waals surface area contributed by atoms with E-state index >= 15 is 0 Å². The summed E-state index contributed by atoms with van der Waals surface area (Å²) in [5.41, 5.74) is 0.472. The first-order chi connectivity index (χ1) is 12.5. The number of carbonyl (C=O) groups excluding carboxylic acids is 1. The third kappa shape index (κ3) is 4.55. The highest BCUT2D eigenvalue weighted by Gasteiger charge is 2.09. The van der Waals surface area contributed by atoms with Gasteiger partial charge in [-0.05, 0) is 49.4 Å². The van der Waals surface area contributed by atoms with E-state index in [9.17, 15) is 9.00 Å². The standard InChI is InChI=1S/C20H17NO4S/c1-14(22)15-11-17(24-16-6-8-19(9-7-16)26(2)23)13-18(12-15)25-20-5-3-4-10-21-20/h3-13H,1-2H3. The van der Waals surface area contributed by atoms with Gasteiger partial charge in [-0.3, -0.25) is 9.00 Å². The van der Waals surface area contributed by atoms with Crippen LogP contribution in [0.25, 0.3) is 0 Å². The van der Waals surface area contributed by atoms with Crippen LogP contribution < -0.4 is 9.47 Å². The van der Waals surface area contributed by atoms with E-state index in [1.54, 1.807) is 67.0 Å². The number of ether oxygens (including phenoxy) is 2. The molecule has 3 rings (SSSR count). The van der Waals surface area contributed by atoms with Gasteiger partial charge in [0.2, 0.25) is 5.88 Å². The summed E-state index contributed by atoms with van der Waals surface area (Å²) < 4.78 is 23.0. The summed E-state index contributed by atoms with van der Waals surface area (Å²) in [4.78, 5) is 16.6. The van der Waals surface area contributed by atoms with Gasteiger partial charge in [-0.15, -0.1) is 0 Å². The molecule has 0 spiro atoms. The molecule has 1 aromatic heterocycles. The van der Waals surface area contributed by atoms with Crippen LogP contribution in [0.1, 0.15) is 17.3 Å². The highest BCUT2D eigenvalue weighted by atomic mass is 32.2. The van der Waals surface area contributed by atoms with E-state index in [0.717, 1.165) is 0 Å². The van der Waals surface area contributed by atoms with Crippen LogP contribution in [0.4, 0.5) is 0 Å². The Labute approximate surface area is 154 Å². The third-order valence-corrected chi connectivity index (χ3v) is 4.47. The van der Waals surface area contributed by atoms with Crippen molar-refractivity contribution in [2.24, 2.45) is 0 Å². The van der Waals surface area contributed by atoms with Gasteiger partial charge in [0.15, 0.2) is 5.78 Å². The Balaban J connectivity index is 1.88. The predicted octanol–water partition coefficient (Wildman–Crippen LogP) is 4.61. The lowest BCUT2D eigenvalue weighted by molar-refractivity contribution is 0.101. The van der Waals surface area contributed by atoms with Crippen LogP contribution >= 0.6 is 0 Å². The van der Waals surface area contributed by atoms with Gasteiger partial charge < -0.3 is 9.47 Å². The Bertz CT molecular complexity index is 940. The van der Waals surface area contributed by atoms with Gasteiger partial charge in [0, 0.05) is 45.8 Å². The molecular weight excluding hydrogens is 350 g/mol. The molecule has 0 fully saturated rings. The van der Waals surface area contributed by atoms with E-state index in [-0.39, 0.29) is 5.78 Å². The van der Waals surface area contributed by atoms with Crippen molar-refractivity contribution in [1.82, 2.24) is 4.98 Å². The second kappa shape index (κ2) is 7.93. The molecule has 1 unspecified atom stereocenters. The van der Waals surface area contributed by atoms with E-state index in [0.29, 0.717) is 33.6 Å². The summed E-state index contributed by atoms with van der Waals surface area (Å²) in [5.74, 6) is 1.82. The van der Waals surface area contributed by atoms with E-state index < -0.39 is 10.8 Å². The Kier molecular flexibility index (Phi) is 5.43. The quantitative estimate of drug-likeness (QED) is 0.596. The van der Waals surface area contributed by atoms with Gasteiger partial charge in [-0.2, -0.15) is 0 Å². The molecule has 5 nitrogen and oxygen atoms in total. The van der Waals surface area contributed by atoms with Crippen LogP contribution in [-0.4, -0.2) is 21.2 Å². The van der Waals surface area contributed by atoms with Crippen molar-refractivity contribution in [3.63, 3.8) is 0 Å². The van der Waals surface area contributed by atoms with Crippen molar-refractivity contribution in [1.29, 1.82) is 0 Å². The molecule has 0 saturated carbocycles. The largest absolute Gasteiger partial charge is 0.457 e. The van der Waals surface area contributed by atoms with E-state index in [4.69, 9.17) is 9.47 Å². The molecular formula is C20H17NO4S. The van der Waals surface area contributed by atoms with Crippen LogP contribution in [0.5, 0.6) is 23.1 Å². The van der Waals surface area contributed by atoms with Crippen molar-refractivity contribution in [3.8, 4) is 23.1 Å². The fourth-order valence-corrected chi connectivity index (χ4v) is 2.78. The van der Waals surface area contributed by atoms with Crippen LogP contribution in [0.15, 0.2) is 71.8 Å². The minimum atomic E-state index is -1.05. The topological polar surface area (TPSA) is 65.5 Å². The number of ketones is 1. The summed E-state index contributed by atoms with van der Waals surface area (Å²) in [7, 11) is -1.05. The average molecular weight is 367 g/mol. The Hall–Kier alpha value is -2.99. The highest BCUT2D eigenvalue weighted by molar-refractivity contribution is 7.84. The van der Waals surface area contributed by atoms with Gasteiger partial charge in [0.05, 0.1) is 0 Å². The second-order valence-corrected chi connectivity index (χ2v) is 6.93. The first-order valence-corrected chi connectivity index (χ1v) is 9.43. The van der Waals surface area contributed by atoms with Crippen LogP contribution in [0.3, 0.4) is 0 Å². The van der Waals surface area contributed by atoms with Gasteiger partial charge in [0.1, 0.15) is 17.2 Å². The molecule has 0 aliphatic rings. The minimum absolute atomic E-state index is 0.0990. The molecule has 0 aliphatic carbocycles. The predicted molar refractivity (Wildman–Crippen MR) is 99.6 cm³/mol. The monoisotopic (exact) mass is 367 g/mol. The summed E-state index contributed by atoms with van der Waals surface area (Å²) in [5, 5.41) is 0. The first-order valence-electron chi connectivity index (χ1n) is 7.87. The van der Waals surface area contributed by atoms with Gasteiger partial charge in [-0.1, -0.05) is 6.07 Å². The summed E-state index contributed by atoms with van der Waals surface area (Å²) in [6, 6.07) is 17.3. The summed E-state index contributed by atoms with van der Waals surface area (Å²) >= 11 is 0. The molecule has 1 atom stereocenters. The number of nitrogens with zero attached hydrogens (tertiary/aromatic N) is 1. The maximum atomic E-state index is 11.8. The van der Waals surface area contributed by atoms with E-state index in [2.05, 4.69) is 4.98 Å². The molecule has 3 aromatic rings. The Morgan fingerprint density at radius 1 is 0.923 bits per heavy atom. The number of Topliss-reactive ketones (excluding diaryl/α,β-unsaturated/α-hetero) is 1. The summed E-state index contributed by atoms with van der Waals surface area (Å²) in [6.45, 7) is 1.48. The second-order valence-electron chi connectivity index (χ2n) is 5.55. The zero-order valence-electron chi connectivity index (χ0n) is 14.3. The van der Waals surface area contributed by atoms with Crippen molar-refractivity contribution in [2.45, 2.75) is 11.8 Å². The van der Waals surface area contributed by atoms with Gasteiger partial charge in [0.25, 0.3) is 0 Å². The molecule has 2 aromatic carbocycles. The number of hydrogen-bond donors (Lipinski definition) is 0. The normalized spacial score (nSPS) is 11.6. The molecule has 6 heteroatoms. The van der Waals surface area contributed by atoms with Crippen LogP contribution in [0.2, 0.25) is 0 Å². The average Bonchev–Trinajstić information content (AvgIpc) is 2.63. The summed E-state index contributed by atoms with van der Waals surface area (Å²) in [6.07, 6.45) is 3.24. The molecule has 1 heterocycles. The molecule has 0 aliphatic heterocycles. The van der Waals surface area contributed by atoms with E-state index in [1.807, 2.05) is 6.07 Å². The Morgan fingerprint density at radius 3 is 2.19 bits per heavy atom. The smallest absolute Gasteiger partial charge is 0.219 e. The molecule has 0 N–H and O–H groups in total. The van der Waals surface area contributed by atoms with Crippen molar-refractivity contribution in [3.05, 3.63) is 72.4 Å². The number of benzene rings is 2. The fourth-order valence-electron chi connectivity index (χ4n) is 2.26. The lowest BCUT2D eigenvalue weighted by Gasteiger charge is -2.11. The fraction of sp³-hybridized carbons (Fsp3) is 0.100. The number of carbonyl (C=O) groups is 1. The van der Waals surface area contributed by atoms with Crippen molar-refractivity contribution < 1.29 is 18.5 Å². The van der Waals surface area contributed by atoms with Crippen LogP contribution in [0, 0.1) is 0 Å². The van der Waals surface area contributed by atoms with E-state index in [1.165, 1.54) is 6.92 Å². The minimum Gasteiger partial charge on any atom is -0.457 e. The lowest BCUT2D eigenvalue weighted by atomic mass is 10.1. The molecule has 132 valence electrons. The zero-order valence-corrected chi connectivity index (χ0v) is 15.2. The molecule has 0 bridgehead atoms. The molecule has 0 radical (unpaired) electrons. The maximum Gasteiger partial charge on any atom is 0.219 e. The number of aromatic nitrogens is 1. The maximum absolute atomic E-state index is 11.8. The van der Waals surface area contributed by atoms with Crippen molar-refractivity contribution in [2.75, 3.05) is 6.26 Å².